The molecule has 0 aromatic carbocycles. The fourth-order valence-electron chi connectivity index (χ4n) is 3.89. The fourth-order valence-corrected chi connectivity index (χ4v) is 3.89. The average Bonchev–Trinajstić information content (AvgIpc) is 2.40. The van der Waals surface area contributed by atoms with Gasteiger partial charge < -0.3 is 5.32 Å². The third-order valence-corrected chi connectivity index (χ3v) is 4.87. The van der Waals surface area contributed by atoms with E-state index in [0.717, 1.165) is 18.0 Å². The van der Waals surface area contributed by atoms with Gasteiger partial charge >= 0.3 is 0 Å². The van der Waals surface area contributed by atoms with E-state index < -0.39 is 0 Å². The molecular formula is C15H26N2. The lowest BCUT2D eigenvalue weighted by atomic mass is 9.77. The summed E-state index contributed by atoms with van der Waals surface area (Å²) in [4.78, 5) is 2.61. The largest absolute Gasteiger partial charge is 0.310 e. The van der Waals surface area contributed by atoms with Crippen LogP contribution in [-0.2, 0) is 0 Å². The van der Waals surface area contributed by atoms with Crippen LogP contribution in [0.2, 0.25) is 0 Å². The summed E-state index contributed by atoms with van der Waals surface area (Å²) in [6.07, 6.45) is 14.6. The van der Waals surface area contributed by atoms with Crippen molar-refractivity contribution in [2.24, 2.45) is 5.92 Å². The van der Waals surface area contributed by atoms with E-state index in [-0.39, 0.29) is 0 Å². The van der Waals surface area contributed by atoms with Gasteiger partial charge in [-0.05, 0) is 38.0 Å². The van der Waals surface area contributed by atoms with E-state index >= 15 is 0 Å². The smallest absolute Gasteiger partial charge is 0.0197 e. The Bertz CT molecular complexity index is 274. The molecule has 0 aromatic heterocycles. The molecule has 1 N–H and O–H groups in total. The molecule has 2 heterocycles. The fraction of sp³-hybridized carbons (Fsp3) is 0.867. The molecule has 17 heavy (non-hydrogen) atoms. The first-order valence-corrected chi connectivity index (χ1v) is 7.55. The molecular weight excluding hydrogens is 208 g/mol. The molecule has 0 bridgehead atoms. The van der Waals surface area contributed by atoms with Crippen molar-refractivity contribution in [3.05, 3.63) is 12.2 Å². The SMILES string of the molecule is C1=CCN(CC2CCC3CCCCC3N2)CC1. The van der Waals surface area contributed by atoms with Crippen molar-refractivity contribution in [1.29, 1.82) is 0 Å². The van der Waals surface area contributed by atoms with E-state index in [1.807, 2.05) is 0 Å². The Morgan fingerprint density at radius 1 is 1.06 bits per heavy atom. The normalized spacial score (nSPS) is 38.9. The summed E-state index contributed by atoms with van der Waals surface area (Å²) in [5, 5.41) is 3.94. The first-order chi connectivity index (χ1) is 8.42. The summed E-state index contributed by atoms with van der Waals surface area (Å²) >= 11 is 0. The van der Waals surface area contributed by atoms with Crippen LogP contribution in [0.15, 0.2) is 12.2 Å². The zero-order valence-corrected chi connectivity index (χ0v) is 10.9. The molecule has 3 rings (SSSR count). The summed E-state index contributed by atoms with van der Waals surface area (Å²) in [5.41, 5.74) is 0. The topological polar surface area (TPSA) is 15.3 Å². The van der Waals surface area contributed by atoms with Gasteiger partial charge in [-0.2, -0.15) is 0 Å². The van der Waals surface area contributed by atoms with Crippen LogP contribution in [0.25, 0.3) is 0 Å². The predicted molar refractivity (Wildman–Crippen MR) is 72.1 cm³/mol. The second kappa shape index (κ2) is 5.53. The minimum Gasteiger partial charge on any atom is -0.310 e. The predicted octanol–water partition coefficient (Wildman–Crippen LogP) is 2.56. The van der Waals surface area contributed by atoms with Crippen molar-refractivity contribution >= 4 is 0 Å². The van der Waals surface area contributed by atoms with Crippen molar-refractivity contribution in [3.63, 3.8) is 0 Å². The van der Waals surface area contributed by atoms with E-state index in [2.05, 4.69) is 22.4 Å². The molecule has 1 saturated carbocycles. The van der Waals surface area contributed by atoms with Crippen LogP contribution in [0.4, 0.5) is 0 Å². The van der Waals surface area contributed by atoms with Crippen LogP contribution in [0.5, 0.6) is 0 Å². The van der Waals surface area contributed by atoms with Gasteiger partial charge in [-0.1, -0.05) is 25.0 Å². The average molecular weight is 234 g/mol. The Kier molecular flexibility index (Phi) is 3.82. The van der Waals surface area contributed by atoms with Crippen LogP contribution in [-0.4, -0.2) is 36.6 Å². The highest BCUT2D eigenvalue weighted by atomic mass is 15.2. The minimum absolute atomic E-state index is 0.765. The molecule has 1 saturated heterocycles. The van der Waals surface area contributed by atoms with E-state index in [1.54, 1.807) is 0 Å². The molecule has 3 unspecified atom stereocenters. The second-order valence-corrected chi connectivity index (χ2v) is 6.11. The summed E-state index contributed by atoms with van der Waals surface area (Å²) in [5.74, 6) is 1.00. The van der Waals surface area contributed by atoms with Crippen LogP contribution in [0.1, 0.15) is 44.9 Å². The molecule has 3 atom stereocenters. The van der Waals surface area contributed by atoms with Crippen LogP contribution in [0.3, 0.4) is 0 Å². The Labute approximate surface area is 105 Å². The summed E-state index contributed by atoms with van der Waals surface area (Å²) in [7, 11) is 0. The molecule has 2 aliphatic heterocycles. The molecule has 0 spiro atoms. The van der Waals surface area contributed by atoms with Crippen LogP contribution >= 0.6 is 0 Å². The number of hydrogen-bond acceptors (Lipinski definition) is 2. The number of hydrogen-bond donors (Lipinski definition) is 1. The molecule has 0 radical (unpaired) electrons. The Morgan fingerprint density at radius 2 is 2.00 bits per heavy atom. The van der Waals surface area contributed by atoms with Gasteiger partial charge in [0.05, 0.1) is 0 Å². The van der Waals surface area contributed by atoms with Gasteiger partial charge in [-0.15, -0.1) is 0 Å². The lowest BCUT2D eigenvalue weighted by Gasteiger charge is -2.42. The van der Waals surface area contributed by atoms with E-state index in [4.69, 9.17) is 0 Å². The van der Waals surface area contributed by atoms with Crippen molar-refractivity contribution in [1.82, 2.24) is 10.2 Å². The van der Waals surface area contributed by atoms with Gasteiger partial charge in [-0.3, -0.25) is 4.90 Å². The second-order valence-electron chi connectivity index (χ2n) is 6.11. The third kappa shape index (κ3) is 2.92. The van der Waals surface area contributed by atoms with E-state index in [9.17, 15) is 0 Å². The quantitative estimate of drug-likeness (QED) is 0.739. The highest BCUT2D eigenvalue weighted by Crippen LogP contribution is 2.32. The molecule has 0 aromatic rings. The lowest BCUT2D eigenvalue weighted by molar-refractivity contribution is 0.147. The van der Waals surface area contributed by atoms with Gasteiger partial charge in [0.15, 0.2) is 0 Å². The molecule has 1 aliphatic carbocycles. The van der Waals surface area contributed by atoms with Gasteiger partial charge in [-0.25, -0.2) is 0 Å². The number of nitrogens with zero attached hydrogens (tertiary/aromatic N) is 1. The summed E-state index contributed by atoms with van der Waals surface area (Å²) < 4.78 is 0. The Balaban J connectivity index is 1.50. The van der Waals surface area contributed by atoms with Crippen molar-refractivity contribution in [2.75, 3.05) is 19.6 Å². The van der Waals surface area contributed by atoms with Crippen LogP contribution < -0.4 is 5.32 Å². The highest BCUT2D eigenvalue weighted by Gasteiger charge is 2.31. The van der Waals surface area contributed by atoms with Crippen LogP contribution in [0, 0.1) is 5.92 Å². The van der Waals surface area contributed by atoms with Gasteiger partial charge in [0, 0.05) is 31.7 Å². The van der Waals surface area contributed by atoms with E-state index in [1.165, 1.54) is 64.6 Å². The molecule has 3 aliphatic rings. The molecule has 2 nitrogen and oxygen atoms in total. The molecule has 96 valence electrons. The Hall–Kier alpha value is -0.340. The van der Waals surface area contributed by atoms with Gasteiger partial charge in [0.2, 0.25) is 0 Å². The number of fused-ring (bicyclic) bond motifs is 1. The number of piperidine rings is 1. The summed E-state index contributed by atoms with van der Waals surface area (Å²) in [6, 6.07) is 1.61. The Morgan fingerprint density at radius 3 is 2.88 bits per heavy atom. The van der Waals surface area contributed by atoms with Crippen molar-refractivity contribution < 1.29 is 0 Å². The monoisotopic (exact) mass is 234 g/mol. The minimum atomic E-state index is 0.765. The lowest BCUT2D eigenvalue weighted by Crippen LogP contribution is -2.53. The zero-order chi connectivity index (χ0) is 11.5. The highest BCUT2D eigenvalue weighted by molar-refractivity contribution is 4.94. The first-order valence-electron chi connectivity index (χ1n) is 7.55. The zero-order valence-electron chi connectivity index (χ0n) is 10.9. The van der Waals surface area contributed by atoms with E-state index in [0.29, 0.717) is 0 Å². The van der Waals surface area contributed by atoms with Crippen molar-refractivity contribution in [2.45, 2.75) is 57.0 Å². The first kappa shape index (κ1) is 11.7. The molecule has 2 heteroatoms. The molecule has 0 amide bonds. The maximum absolute atomic E-state index is 3.94. The van der Waals surface area contributed by atoms with Gasteiger partial charge in [0.25, 0.3) is 0 Å². The maximum Gasteiger partial charge on any atom is 0.0197 e. The molecule has 2 fully saturated rings. The van der Waals surface area contributed by atoms with Crippen molar-refractivity contribution in [3.8, 4) is 0 Å². The number of rotatable bonds is 2. The standard InChI is InChI=1S/C15H26N2/c1-4-10-17(11-5-1)12-14-9-8-13-6-2-3-7-15(13)16-14/h1,4,13-16H,2-3,5-12H2. The van der Waals surface area contributed by atoms with Gasteiger partial charge in [0.1, 0.15) is 0 Å². The third-order valence-electron chi connectivity index (χ3n) is 4.87. The number of nitrogens with one attached hydrogen (secondary N) is 1. The maximum atomic E-state index is 3.94. The summed E-state index contributed by atoms with van der Waals surface area (Å²) in [6.45, 7) is 3.71.